The van der Waals surface area contributed by atoms with Crippen molar-refractivity contribution in [3.05, 3.63) is 29.8 Å². The van der Waals surface area contributed by atoms with Crippen molar-refractivity contribution in [2.45, 2.75) is 39.7 Å². The topological polar surface area (TPSA) is 29.5 Å². The van der Waals surface area contributed by atoms with Crippen molar-refractivity contribution in [2.75, 3.05) is 11.9 Å². The molecule has 17 heavy (non-hydrogen) atoms. The smallest absolute Gasteiger partial charge is 0.414 e. The van der Waals surface area contributed by atoms with Crippen LogP contribution >= 0.6 is 0 Å². The molecule has 0 aliphatic rings. The van der Waals surface area contributed by atoms with Crippen molar-refractivity contribution in [2.24, 2.45) is 0 Å². The minimum absolute atomic E-state index is 0.319. The molecule has 1 amide bonds. The van der Waals surface area contributed by atoms with Crippen molar-refractivity contribution >= 4 is 11.8 Å². The van der Waals surface area contributed by atoms with Crippen LogP contribution in [0.1, 0.15) is 32.8 Å². The summed E-state index contributed by atoms with van der Waals surface area (Å²) in [5.41, 5.74) is 1.59. The van der Waals surface area contributed by atoms with E-state index in [1.807, 2.05) is 52.0 Å². The molecule has 0 aliphatic heterocycles. The average molecular weight is 235 g/mol. The first-order valence-corrected chi connectivity index (χ1v) is 5.89. The van der Waals surface area contributed by atoms with Gasteiger partial charge < -0.3 is 4.74 Å². The van der Waals surface area contributed by atoms with Crippen LogP contribution in [0.15, 0.2) is 24.3 Å². The Morgan fingerprint density at radius 3 is 2.29 bits per heavy atom. The molecule has 0 N–H and O–H groups in total. The molecule has 0 spiro atoms. The van der Waals surface area contributed by atoms with Crippen LogP contribution in [0, 0.1) is 6.92 Å². The van der Waals surface area contributed by atoms with Crippen LogP contribution in [0.4, 0.5) is 10.5 Å². The van der Waals surface area contributed by atoms with Gasteiger partial charge in [-0.25, -0.2) is 4.79 Å². The molecule has 0 atom stereocenters. The number of amides is 1. The third-order valence-corrected chi connectivity index (χ3v) is 2.91. The molecule has 1 rings (SSSR count). The molecular weight excluding hydrogens is 214 g/mol. The fourth-order valence-corrected chi connectivity index (χ4v) is 1.25. The summed E-state index contributed by atoms with van der Waals surface area (Å²) in [5.74, 6) is 0. The highest BCUT2D eigenvalue weighted by Crippen LogP contribution is 2.19. The molecular formula is C14H21NO2. The van der Waals surface area contributed by atoms with Crippen LogP contribution in [-0.4, -0.2) is 18.7 Å². The van der Waals surface area contributed by atoms with Gasteiger partial charge in [0.05, 0.1) is 0 Å². The van der Waals surface area contributed by atoms with Gasteiger partial charge in [0.2, 0.25) is 0 Å². The Morgan fingerprint density at radius 2 is 1.82 bits per heavy atom. The highest BCUT2D eigenvalue weighted by Gasteiger charge is 2.23. The van der Waals surface area contributed by atoms with Gasteiger partial charge in [0, 0.05) is 12.7 Å². The Morgan fingerprint density at radius 1 is 1.29 bits per heavy atom. The quantitative estimate of drug-likeness (QED) is 0.798. The summed E-state index contributed by atoms with van der Waals surface area (Å²) in [6.45, 7) is 7.84. The van der Waals surface area contributed by atoms with Gasteiger partial charge in [-0.1, -0.05) is 24.6 Å². The van der Waals surface area contributed by atoms with Gasteiger partial charge in [0.25, 0.3) is 0 Å². The lowest BCUT2D eigenvalue weighted by Gasteiger charge is -2.27. The zero-order valence-corrected chi connectivity index (χ0v) is 11.3. The number of hydrogen-bond acceptors (Lipinski definition) is 2. The zero-order chi connectivity index (χ0) is 13.1. The lowest BCUT2D eigenvalue weighted by Crippen LogP contribution is -2.35. The second-order valence-corrected chi connectivity index (χ2v) is 4.88. The van der Waals surface area contributed by atoms with E-state index in [-0.39, 0.29) is 6.09 Å². The van der Waals surface area contributed by atoms with Crippen molar-refractivity contribution < 1.29 is 9.53 Å². The normalized spacial score (nSPS) is 11.1. The summed E-state index contributed by atoms with van der Waals surface area (Å²) in [4.78, 5) is 13.4. The molecule has 0 fully saturated rings. The van der Waals surface area contributed by atoms with E-state index in [1.54, 1.807) is 7.05 Å². The molecule has 1 aromatic carbocycles. The fraction of sp³-hybridized carbons (Fsp3) is 0.500. The molecule has 0 bridgehead atoms. The van der Waals surface area contributed by atoms with Crippen molar-refractivity contribution in [1.29, 1.82) is 0 Å². The summed E-state index contributed by atoms with van der Waals surface area (Å²) in [7, 11) is 1.72. The van der Waals surface area contributed by atoms with Crippen LogP contribution in [0.3, 0.4) is 0 Å². The second kappa shape index (κ2) is 5.21. The summed E-state index contributed by atoms with van der Waals surface area (Å²) in [5, 5.41) is 0. The van der Waals surface area contributed by atoms with Crippen LogP contribution < -0.4 is 4.90 Å². The first kappa shape index (κ1) is 13.6. The molecule has 0 radical (unpaired) electrons. The SMILES string of the molecule is CCC(C)(C)OC(=O)N(C)c1ccc(C)cc1. The van der Waals surface area contributed by atoms with E-state index in [4.69, 9.17) is 4.74 Å². The number of rotatable bonds is 3. The predicted octanol–water partition coefficient (Wildman–Crippen LogP) is 3.76. The average Bonchev–Trinajstić information content (AvgIpc) is 2.28. The summed E-state index contributed by atoms with van der Waals surface area (Å²) in [6.07, 6.45) is 0.473. The number of anilines is 1. The monoisotopic (exact) mass is 235 g/mol. The summed E-state index contributed by atoms with van der Waals surface area (Å²) in [6, 6.07) is 7.78. The van der Waals surface area contributed by atoms with E-state index in [0.717, 1.165) is 12.1 Å². The first-order valence-electron chi connectivity index (χ1n) is 5.89. The van der Waals surface area contributed by atoms with E-state index < -0.39 is 5.60 Å². The van der Waals surface area contributed by atoms with E-state index in [9.17, 15) is 4.79 Å². The number of carbonyl (C=O) groups is 1. The summed E-state index contributed by atoms with van der Waals surface area (Å²) >= 11 is 0. The van der Waals surface area contributed by atoms with Crippen molar-refractivity contribution in [1.82, 2.24) is 0 Å². The largest absolute Gasteiger partial charge is 0.443 e. The van der Waals surface area contributed by atoms with E-state index in [1.165, 1.54) is 10.5 Å². The van der Waals surface area contributed by atoms with Crippen LogP contribution in [0.2, 0.25) is 0 Å². The van der Waals surface area contributed by atoms with Gasteiger partial charge in [-0.2, -0.15) is 0 Å². The fourth-order valence-electron chi connectivity index (χ4n) is 1.25. The number of benzene rings is 1. The Bertz CT molecular complexity index is 382. The van der Waals surface area contributed by atoms with Gasteiger partial charge in [-0.15, -0.1) is 0 Å². The van der Waals surface area contributed by atoms with E-state index in [2.05, 4.69) is 0 Å². The number of ether oxygens (including phenoxy) is 1. The Kier molecular flexibility index (Phi) is 4.16. The van der Waals surface area contributed by atoms with Gasteiger partial charge >= 0.3 is 6.09 Å². The van der Waals surface area contributed by atoms with Gasteiger partial charge in [0.15, 0.2) is 0 Å². The molecule has 0 saturated carbocycles. The van der Waals surface area contributed by atoms with E-state index >= 15 is 0 Å². The van der Waals surface area contributed by atoms with Crippen molar-refractivity contribution in [3.8, 4) is 0 Å². The van der Waals surface area contributed by atoms with Crippen molar-refractivity contribution in [3.63, 3.8) is 0 Å². The molecule has 3 heteroatoms. The molecule has 0 heterocycles. The number of aryl methyl sites for hydroxylation is 1. The van der Waals surface area contributed by atoms with Gasteiger partial charge in [0.1, 0.15) is 5.60 Å². The van der Waals surface area contributed by atoms with Crippen LogP contribution in [-0.2, 0) is 4.74 Å². The molecule has 94 valence electrons. The maximum Gasteiger partial charge on any atom is 0.414 e. The molecule has 3 nitrogen and oxygen atoms in total. The third kappa shape index (κ3) is 3.77. The molecule has 0 aromatic heterocycles. The number of hydrogen-bond donors (Lipinski definition) is 0. The maximum atomic E-state index is 11.9. The minimum Gasteiger partial charge on any atom is -0.443 e. The molecule has 0 saturated heterocycles. The van der Waals surface area contributed by atoms with E-state index in [0.29, 0.717) is 0 Å². The van der Waals surface area contributed by atoms with Crippen LogP contribution in [0.5, 0.6) is 0 Å². The molecule has 1 aromatic rings. The highest BCUT2D eigenvalue weighted by molar-refractivity contribution is 5.87. The third-order valence-electron chi connectivity index (χ3n) is 2.91. The molecule has 0 unspecified atom stereocenters. The second-order valence-electron chi connectivity index (χ2n) is 4.88. The highest BCUT2D eigenvalue weighted by atomic mass is 16.6. The van der Waals surface area contributed by atoms with Gasteiger partial charge in [-0.05, 0) is 39.3 Å². The standard InChI is InChI=1S/C14H21NO2/c1-6-14(3,4)17-13(16)15(5)12-9-7-11(2)8-10-12/h7-10H,6H2,1-5H3. The Balaban J connectivity index is 2.73. The summed E-state index contributed by atoms with van der Waals surface area (Å²) < 4.78 is 5.42. The lowest BCUT2D eigenvalue weighted by molar-refractivity contribution is 0.0419. The first-order chi connectivity index (χ1) is 7.85. The lowest BCUT2D eigenvalue weighted by atomic mass is 10.1. The maximum absolute atomic E-state index is 11.9. The predicted molar refractivity (Wildman–Crippen MR) is 70.4 cm³/mol. The Hall–Kier alpha value is -1.51. The molecule has 0 aliphatic carbocycles. The number of carbonyl (C=O) groups excluding carboxylic acids is 1. The number of nitrogens with zero attached hydrogens (tertiary/aromatic N) is 1. The van der Waals surface area contributed by atoms with Gasteiger partial charge in [-0.3, -0.25) is 4.90 Å². The Labute approximate surface area is 103 Å². The van der Waals surface area contributed by atoms with Crippen LogP contribution in [0.25, 0.3) is 0 Å². The zero-order valence-electron chi connectivity index (χ0n) is 11.3. The minimum atomic E-state index is -0.421.